The maximum atomic E-state index is 13.6. The quantitative estimate of drug-likeness (QED) is 0.0182. The average Bonchev–Trinajstić information content (AvgIpc) is 0.808. The fraction of sp³-hybridized carbons (Fsp3) is 0.256. The lowest BCUT2D eigenvalue weighted by molar-refractivity contribution is -0.154. The van der Waals surface area contributed by atoms with Gasteiger partial charge < -0.3 is 50.5 Å². The largest absolute Gasteiger partial charge is 0.461 e. The molecule has 0 saturated heterocycles. The number of ether oxygens (including phenoxy) is 5. The van der Waals surface area contributed by atoms with Crippen LogP contribution in [-0.4, -0.2) is 82.6 Å². The summed E-state index contributed by atoms with van der Waals surface area (Å²) in [5, 5.41) is 30.3. The molecule has 10 rings (SSSR count). The number of aromatic nitrogens is 1. The Morgan fingerprint density at radius 1 is 0.495 bits per heavy atom. The second kappa shape index (κ2) is 44.1. The maximum Gasteiger partial charge on any atom is 0.416 e. The first-order chi connectivity index (χ1) is 52.2. The number of nitrogens with zero attached hydrogens (tertiary/aromatic N) is 1. The summed E-state index contributed by atoms with van der Waals surface area (Å²) in [5.41, 5.74) is 15.2. The molecular weight excluding hydrogens is 1450 g/mol. The first kappa shape index (κ1) is 87.4. The Bertz CT molecular complexity index is 4400. The van der Waals surface area contributed by atoms with Gasteiger partial charge in [-0.2, -0.15) is 13.2 Å². The van der Waals surface area contributed by atoms with Crippen LogP contribution in [0.5, 0.6) is 0 Å². The van der Waals surface area contributed by atoms with E-state index >= 15 is 0 Å². The van der Waals surface area contributed by atoms with Crippen LogP contribution in [0.2, 0.25) is 10.0 Å². The lowest BCUT2D eigenvalue weighted by atomic mass is 9.78. The zero-order valence-corrected chi connectivity index (χ0v) is 62.1. The van der Waals surface area contributed by atoms with Crippen LogP contribution in [0.3, 0.4) is 0 Å². The Kier molecular flexibility index (Phi) is 35.4. The van der Waals surface area contributed by atoms with Crippen LogP contribution in [0.15, 0.2) is 261 Å². The molecule has 5 atom stereocenters. The van der Waals surface area contributed by atoms with Crippen molar-refractivity contribution >= 4 is 53.0 Å². The number of benzene rings is 9. The molecule has 16 nitrogen and oxygen atoms in total. The summed E-state index contributed by atoms with van der Waals surface area (Å²) in [6, 6.07) is 71.1. The highest BCUT2D eigenvalue weighted by Crippen LogP contribution is 2.34. The first-order valence-corrected chi connectivity index (χ1v) is 35.4. The van der Waals surface area contributed by atoms with E-state index in [1.165, 1.54) is 49.4 Å². The van der Waals surface area contributed by atoms with E-state index in [4.69, 9.17) is 58.4 Å². The Balaban J connectivity index is 0.000000213. The van der Waals surface area contributed by atoms with Crippen molar-refractivity contribution in [3.63, 3.8) is 0 Å². The van der Waals surface area contributed by atoms with E-state index in [-0.39, 0.29) is 81.6 Å². The van der Waals surface area contributed by atoms with Gasteiger partial charge in [0, 0.05) is 34.9 Å². The monoisotopic (exact) mass is 1540 g/mol. The lowest BCUT2D eigenvalue weighted by Crippen LogP contribution is -2.43. The molecule has 0 aliphatic rings. The van der Waals surface area contributed by atoms with Crippen molar-refractivity contribution in [2.24, 2.45) is 11.5 Å². The lowest BCUT2D eigenvalue weighted by Gasteiger charge is -2.29. The number of hydrogen-bond acceptors (Lipinski definition) is 16. The topological polar surface area (TPSA) is 257 Å². The van der Waals surface area contributed by atoms with Gasteiger partial charge in [0.05, 0.1) is 42.9 Å². The molecule has 0 bridgehead atoms. The Hall–Kier alpha value is -10.5. The number of aliphatic hydroxyl groups excluding tert-OH is 3. The van der Waals surface area contributed by atoms with Gasteiger partial charge in [-0.25, -0.2) is 8.78 Å². The predicted molar refractivity (Wildman–Crippen MR) is 407 cm³/mol. The number of hydrogen-bond donors (Lipinski definition) is 5. The normalized spacial score (nSPS) is 13.0. The maximum absolute atomic E-state index is 13.6. The summed E-state index contributed by atoms with van der Waals surface area (Å²) in [6.45, 7) is 6.54. The third-order valence-corrected chi connectivity index (χ3v) is 17.9. The van der Waals surface area contributed by atoms with Crippen molar-refractivity contribution in [2.75, 3.05) is 26.3 Å². The van der Waals surface area contributed by atoms with E-state index in [0.29, 0.717) is 34.1 Å². The molecule has 0 radical (unpaired) electrons. The summed E-state index contributed by atoms with van der Waals surface area (Å²) in [7, 11) is 0. The number of carbonyl (C=O) groups is 5. The van der Waals surface area contributed by atoms with Gasteiger partial charge in [0.2, 0.25) is 0 Å². The second-order valence-electron chi connectivity index (χ2n) is 25.5. The standard InChI is InChI=1S/C18H20ClNO2.C18H16F4O3.C18H19FO3.C17H18O3.C15H15ClN2O2/c1-2-18(13-20,15-8-10-16(19)11-9-15)17(21)22-12-14-6-4-3-5-7-14;1-17(11-23,13-6-8-14(9-7-13)18(20,21)22)16(24)25-10-12-4-2-3-5-15(12)19;1-13-4-3-5-14(10-13)11-22-17(21)18(2,12-20)15-6-8-16(19)9-7-15;18-16(11-14-7-3-1-4-8-14)12-17(19)20-13-15-9-5-2-6-10-15;16-12-6-4-11(5-7-12)14(9-17)15(19)20-10-13-3-1-2-8-18-13/h3-11H,2,12-13,20H2,1H3;2-9,23H,10-11H2,1H3;3-10,20H,11-12H2,1-2H3;1-10,16,18H,11-13H2;1-8,14H,9-10,17H2. The van der Waals surface area contributed by atoms with E-state index in [9.17, 15) is 61.2 Å². The van der Waals surface area contributed by atoms with Crippen LogP contribution in [0.4, 0.5) is 22.0 Å². The molecule has 7 N–H and O–H groups in total. The van der Waals surface area contributed by atoms with Crippen LogP contribution in [0.1, 0.15) is 106 Å². The summed E-state index contributed by atoms with van der Waals surface area (Å²) in [4.78, 5) is 65.1. The molecule has 109 heavy (non-hydrogen) atoms. The minimum atomic E-state index is -4.50. The van der Waals surface area contributed by atoms with E-state index in [1.807, 2.05) is 153 Å². The fourth-order valence-corrected chi connectivity index (χ4v) is 10.9. The SMILES string of the molecule is CC(CO)(C(=O)OCc1ccccc1F)c1ccc(C(F)(F)F)cc1.CCC(CN)(C(=O)OCc1ccccc1)c1ccc(Cl)cc1.Cc1cccc(COC(=O)C(C)(CO)c2ccc(F)cc2)c1.NCC(C(=O)OCc1ccccn1)c1ccc(Cl)cc1.O=C(CC(O)Cc1ccccc1)OCc1ccccc1. The number of alkyl halides is 3. The van der Waals surface area contributed by atoms with Crippen molar-refractivity contribution in [2.45, 2.75) is 114 Å². The highest BCUT2D eigenvalue weighted by atomic mass is 35.5. The molecule has 0 aliphatic carbocycles. The third kappa shape index (κ3) is 27.6. The number of carbonyl (C=O) groups excluding carboxylic acids is 5. The van der Waals surface area contributed by atoms with Crippen molar-refractivity contribution in [1.29, 1.82) is 0 Å². The van der Waals surface area contributed by atoms with Crippen LogP contribution >= 0.6 is 23.2 Å². The van der Waals surface area contributed by atoms with Crippen LogP contribution in [-0.2, 0) is 110 Å². The third-order valence-electron chi connectivity index (χ3n) is 17.4. The number of esters is 5. The average molecular weight is 1540 g/mol. The number of halogens is 7. The number of aryl methyl sites for hydroxylation is 1. The smallest absolute Gasteiger partial charge is 0.416 e. The van der Waals surface area contributed by atoms with Gasteiger partial charge in [-0.15, -0.1) is 0 Å². The van der Waals surface area contributed by atoms with Crippen LogP contribution in [0, 0.1) is 18.6 Å². The zero-order valence-electron chi connectivity index (χ0n) is 60.6. The number of rotatable bonds is 27. The first-order valence-electron chi connectivity index (χ1n) is 34.6. The Morgan fingerprint density at radius 2 is 0.954 bits per heavy atom. The number of nitrogens with two attached hydrogens (primary N) is 2. The van der Waals surface area contributed by atoms with Gasteiger partial charge in [-0.05, 0) is 145 Å². The van der Waals surface area contributed by atoms with Crippen LogP contribution in [0.25, 0.3) is 0 Å². The van der Waals surface area contributed by atoms with Crippen molar-refractivity contribution in [3.8, 4) is 0 Å². The van der Waals surface area contributed by atoms with Gasteiger partial charge in [0.15, 0.2) is 0 Å². The van der Waals surface area contributed by atoms with E-state index in [0.717, 1.165) is 63.2 Å². The molecule has 0 saturated carbocycles. The fourth-order valence-electron chi connectivity index (χ4n) is 10.6. The summed E-state index contributed by atoms with van der Waals surface area (Å²) < 4.78 is 90.7. The van der Waals surface area contributed by atoms with Crippen molar-refractivity contribution < 1.29 is 84.9 Å². The Labute approximate surface area is 641 Å². The molecule has 0 spiro atoms. The van der Waals surface area contributed by atoms with Crippen LogP contribution < -0.4 is 11.5 Å². The molecule has 1 heterocycles. The van der Waals surface area contributed by atoms with Gasteiger partial charge in [-0.1, -0.05) is 224 Å². The molecule has 9 aromatic carbocycles. The van der Waals surface area contributed by atoms with Gasteiger partial charge in [-0.3, -0.25) is 29.0 Å². The molecule has 0 amide bonds. The van der Waals surface area contributed by atoms with Crippen molar-refractivity contribution in [1.82, 2.24) is 4.98 Å². The Morgan fingerprint density at radius 3 is 1.45 bits per heavy atom. The molecule has 10 aromatic rings. The summed E-state index contributed by atoms with van der Waals surface area (Å²) >= 11 is 11.7. The van der Waals surface area contributed by atoms with E-state index in [1.54, 1.807) is 61.7 Å². The molecule has 5 unspecified atom stereocenters. The minimum Gasteiger partial charge on any atom is -0.461 e. The van der Waals surface area contributed by atoms with Gasteiger partial charge in [0.25, 0.3) is 0 Å². The molecular formula is C86H88Cl2F5N3O13. The van der Waals surface area contributed by atoms with Gasteiger partial charge >= 0.3 is 36.0 Å². The summed E-state index contributed by atoms with van der Waals surface area (Å²) in [6.07, 6.45) is -2.51. The highest BCUT2D eigenvalue weighted by Gasteiger charge is 2.41. The molecule has 574 valence electrons. The highest BCUT2D eigenvalue weighted by molar-refractivity contribution is 6.30. The molecule has 0 aliphatic heterocycles. The van der Waals surface area contributed by atoms with E-state index in [2.05, 4.69) is 4.98 Å². The molecule has 0 fully saturated rings. The number of aliphatic hydroxyl groups is 3. The minimum absolute atomic E-state index is 0.0156. The zero-order chi connectivity index (χ0) is 79.4. The van der Waals surface area contributed by atoms with Gasteiger partial charge in [0.1, 0.15) is 60.9 Å². The number of pyridine rings is 1. The summed E-state index contributed by atoms with van der Waals surface area (Å²) in [5.74, 6) is -3.87. The molecule has 1 aromatic heterocycles. The molecule has 23 heteroatoms. The predicted octanol–water partition coefficient (Wildman–Crippen LogP) is 15.9. The second-order valence-corrected chi connectivity index (χ2v) is 26.3. The van der Waals surface area contributed by atoms with Crippen molar-refractivity contribution in [3.05, 3.63) is 350 Å². The van der Waals surface area contributed by atoms with E-state index < -0.39 is 76.8 Å².